The SMILES string of the molecule is CC(C)c1c(C(=O)O)nnn1-c1ccc(Cl)c(F)c1. The summed E-state index contributed by atoms with van der Waals surface area (Å²) in [7, 11) is 0. The molecule has 2 aromatic rings. The number of hydrogen-bond acceptors (Lipinski definition) is 3. The second kappa shape index (κ2) is 4.97. The van der Waals surface area contributed by atoms with Gasteiger partial charge in [0.25, 0.3) is 0 Å². The third kappa shape index (κ3) is 2.44. The zero-order valence-electron chi connectivity index (χ0n) is 10.3. The highest BCUT2D eigenvalue weighted by Gasteiger charge is 2.22. The molecule has 0 unspecified atom stereocenters. The van der Waals surface area contributed by atoms with Crippen molar-refractivity contribution in [1.29, 1.82) is 0 Å². The molecule has 0 radical (unpaired) electrons. The molecule has 100 valence electrons. The van der Waals surface area contributed by atoms with Gasteiger partial charge in [-0.2, -0.15) is 0 Å². The van der Waals surface area contributed by atoms with E-state index in [0.717, 1.165) is 0 Å². The highest BCUT2D eigenvalue weighted by molar-refractivity contribution is 6.30. The second-order valence-electron chi connectivity index (χ2n) is 4.29. The summed E-state index contributed by atoms with van der Waals surface area (Å²) in [4.78, 5) is 11.1. The van der Waals surface area contributed by atoms with E-state index in [4.69, 9.17) is 16.7 Å². The first-order valence-electron chi connectivity index (χ1n) is 5.56. The zero-order chi connectivity index (χ0) is 14.2. The normalized spacial score (nSPS) is 11.0. The fourth-order valence-electron chi connectivity index (χ4n) is 1.77. The van der Waals surface area contributed by atoms with E-state index < -0.39 is 11.8 Å². The molecule has 1 aromatic heterocycles. The van der Waals surface area contributed by atoms with Crippen LogP contribution in [0.25, 0.3) is 5.69 Å². The van der Waals surface area contributed by atoms with Crippen molar-refractivity contribution in [2.45, 2.75) is 19.8 Å². The minimum Gasteiger partial charge on any atom is -0.476 e. The number of aromatic nitrogens is 3. The van der Waals surface area contributed by atoms with E-state index in [0.29, 0.717) is 11.4 Å². The Morgan fingerprint density at radius 3 is 2.68 bits per heavy atom. The Kier molecular flexibility index (Phi) is 3.53. The van der Waals surface area contributed by atoms with Crippen LogP contribution in [0.5, 0.6) is 0 Å². The van der Waals surface area contributed by atoms with Gasteiger partial charge in [0.2, 0.25) is 0 Å². The van der Waals surface area contributed by atoms with Crippen LogP contribution >= 0.6 is 11.6 Å². The summed E-state index contributed by atoms with van der Waals surface area (Å²) in [5, 5.41) is 16.5. The Labute approximate surface area is 113 Å². The number of carboxylic acids is 1. The minimum atomic E-state index is -1.16. The first kappa shape index (κ1) is 13.5. The monoisotopic (exact) mass is 283 g/mol. The number of hydrogen-bond donors (Lipinski definition) is 1. The van der Waals surface area contributed by atoms with Crippen LogP contribution in [0.2, 0.25) is 5.02 Å². The van der Waals surface area contributed by atoms with Crippen molar-refractivity contribution in [2.24, 2.45) is 0 Å². The van der Waals surface area contributed by atoms with Crippen LogP contribution in [0, 0.1) is 5.82 Å². The Morgan fingerprint density at radius 2 is 2.16 bits per heavy atom. The van der Waals surface area contributed by atoms with Crippen molar-refractivity contribution in [1.82, 2.24) is 15.0 Å². The molecular formula is C12H11ClFN3O2. The van der Waals surface area contributed by atoms with E-state index in [-0.39, 0.29) is 16.6 Å². The van der Waals surface area contributed by atoms with Gasteiger partial charge >= 0.3 is 5.97 Å². The van der Waals surface area contributed by atoms with Crippen LogP contribution in [0.4, 0.5) is 4.39 Å². The molecule has 19 heavy (non-hydrogen) atoms. The molecule has 5 nitrogen and oxygen atoms in total. The molecule has 0 atom stereocenters. The first-order valence-corrected chi connectivity index (χ1v) is 5.94. The summed E-state index contributed by atoms with van der Waals surface area (Å²) in [5.74, 6) is -1.88. The maximum atomic E-state index is 13.5. The second-order valence-corrected chi connectivity index (χ2v) is 4.70. The molecule has 0 spiro atoms. The predicted octanol–water partition coefficient (Wildman–Crippen LogP) is 2.88. The minimum absolute atomic E-state index is 0.00609. The number of carbonyl (C=O) groups is 1. The lowest BCUT2D eigenvalue weighted by molar-refractivity contribution is 0.0688. The van der Waals surface area contributed by atoms with Gasteiger partial charge in [-0.1, -0.05) is 30.7 Å². The lowest BCUT2D eigenvalue weighted by Gasteiger charge is -2.10. The maximum absolute atomic E-state index is 13.5. The van der Waals surface area contributed by atoms with E-state index in [9.17, 15) is 9.18 Å². The van der Waals surface area contributed by atoms with Gasteiger partial charge in [0.1, 0.15) is 5.82 Å². The quantitative estimate of drug-likeness (QED) is 0.940. The van der Waals surface area contributed by atoms with Crippen molar-refractivity contribution >= 4 is 17.6 Å². The molecular weight excluding hydrogens is 273 g/mol. The Balaban J connectivity index is 2.62. The van der Waals surface area contributed by atoms with Crippen molar-refractivity contribution in [3.05, 3.63) is 40.4 Å². The van der Waals surface area contributed by atoms with Crippen LogP contribution in [0.3, 0.4) is 0 Å². The summed E-state index contributed by atoms with van der Waals surface area (Å²) in [6, 6.07) is 4.13. The maximum Gasteiger partial charge on any atom is 0.358 e. The lowest BCUT2D eigenvalue weighted by Crippen LogP contribution is -2.08. The van der Waals surface area contributed by atoms with Gasteiger partial charge in [0.15, 0.2) is 5.69 Å². The van der Waals surface area contributed by atoms with E-state index in [1.165, 1.54) is 16.8 Å². The van der Waals surface area contributed by atoms with Gasteiger partial charge in [0.05, 0.1) is 16.4 Å². The number of benzene rings is 1. The van der Waals surface area contributed by atoms with E-state index in [2.05, 4.69) is 10.3 Å². The predicted molar refractivity (Wildman–Crippen MR) is 67.4 cm³/mol. The Morgan fingerprint density at radius 1 is 1.47 bits per heavy atom. The highest BCUT2D eigenvalue weighted by atomic mass is 35.5. The van der Waals surface area contributed by atoms with Gasteiger partial charge in [-0.05, 0) is 18.1 Å². The van der Waals surface area contributed by atoms with Crippen molar-refractivity contribution < 1.29 is 14.3 Å². The van der Waals surface area contributed by atoms with Gasteiger partial charge in [0, 0.05) is 6.07 Å². The average molecular weight is 284 g/mol. The van der Waals surface area contributed by atoms with Crippen LogP contribution in [-0.4, -0.2) is 26.1 Å². The molecule has 0 bridgehead atoms. The number of aromatic carboxylic acids is 1. The first-order chi connectivity index (χ1) is 8.91. The summed E-state index contributed by atoms with van der Waals surface area (Å²) >= 11 is 5.61. The van der Waals surface area contributed by atoms with Gasteiger partial charge in [-0.3, -0.25) is 0 Å². The summed E-state index contributed by atoms with van der Waals surface area (Å²) in [5.41, 5.74) is 0.658. The fourth-order valence-corrected chi connectivity index (χ4v) is 1.88. The molecule has 0 aliphatic carbocycles. The molecule has 0 fully saturated rings. The number of carboxylic acid groups (broad SMARTS) is 1. The van der Waals surface area contributed by atoms with Crippen molar-refractivity contribution in [3.8, 4) is 5.69 Å². The molecule has 2 rings (SSSR count). The summed E-state index contributed by atoms with van der Waals surface area (Å²) in [6.07, 6.45) is 0. The van der Waals surface area contributed by atoms with Crippen LogP contribution in [0.1, 0.15) is 35.9 Å². The van der Waals surface area contributed by atoms with Crippen LogP contribution < -0.4 is 0 Å². The van der Waals surface area contributed by atoms with E-state index in [1.807, 2.05) is 13.8 Å². The molecule has 0 aliphatic heterocycles. The van der Waals surface area contributed by atoms with Gasteiger partial charge in [-0.25, -0.2) is 13.9 Å². The van der Waals surface area contributed by atoms with Gasteiger partial charge in [-0.15, -0.1) is 5.10 Å². The Bertz CT molecular complexity index is 640. The Hall–Kier alpha value is -1.95. The van der Waals surface area contributed by atoms with E-state index in [1.54, 1.807) is 6.07 Å². The summed E-state index contributed by atoms with van der Waals surface area (Å²) in [6.45, 7) is 3.63. The molecule has 0 aliphatic rings. The lowest BCUT2D eigenvalue weighted by atomic mass is 10.1. The third-order valence-electron chi connectivity index (χ3n) is 2.60. The van der Waals surface area contributed by atoms with E-state index >= 15 is 0 Å². The number of nitrogens with zero attached hydrogens (tertiary/aromatic N) is 3. The van der Waals surface area contributed by atoms with Crippen LogP contribution in [-0.2, 0) is 0 Å². The molecule has 1 aromatic carbocycles. The molecule has 0 amide bonds. The highest BCUT2D eigenvalue weighted by Crippen LogP contribution is 2.23. The molecule has 1 heterocycles. The van der Waals surface area contributed by atoms with Gasteiger partial charge < -0.3 is 5.11 Å². The molecule has 0 saturated heterocycles. The zero-order valence-corrected chi connectivity index (χ0v) is 11.0. The van der Waals surface area contributed by atoms with Crippen molar-refractivity contribution in [3.63, 3.8) is 0 Å². The molecule has 1 N–H and O–H groups in total. The third-order valence-corrected chi connectivity index (χ3v) is 2.91. The molecule has 7 heteroatoms. The van der Waals surface area contributed by atoms with Crippen LogP contribution in [0.15, 0.2) is 18.2 Å². The molecule has 0 saturated carbocycles. The topological polar surface area (TPSA) is 68.0 Å². The fraction of sp³-hybridized carbons (Fsp3) is 0.250. The van der Waals surface area contributed by atoms with Crippen molar-refractivity contribution in [2.75, 3.05) is 0 Å². The number of rotatable bonds is 3. The smallest absolute Gasteiger partial charge is 0.358 e. The summed E-state index contributed by atoms with van der Waals surface area (Å²) < 4.78 is 14.8. The average Bonchev–Trinajstić information content (AvgIpc) is 2.77. The standard InChI is InChI=1S/C12H11ClFN3O2/c1-6(2)11-10(12(18)19)15-16-17(11)7-3-4-8(13)9(14)5-7/h3-6H,1-2H3,(H,18,19). The number of halogens is 2. The largest absolute Gasteiger partial charge is 0.476 e.